The molecule has 0 atom stereocenters. The van der Waals surface area contributed by atoms with Gasteiger partial charge in [-0.3, -0.25) is 4.57 Å². The van der Waals surface area contributed by atoms with Crippen LogP contribution in [0.1, 0.15) is 55.4 Å². The number of rotatable bonds is 5. The topological polar surface area (TPSA) is 35.5 Å². The van der Waals surface area contributed by atoms with Crippen molar-refractivity contribution in [2.24, 2.45) is 10.8 Å². The number of hydrogen-bond donors (Lipinski definition) is 0. The highest BCUT2D eigenvalue weighted by Gasteiger charge is 2.49. The largest absolute Gasteiger partial charge is 0.334 e. The molecule has 0 aromatic rings. The summed E-state index contributed by atoms with van der Waals surface area (Å²) in [6, 6.07) is 0. The van der Waals surface area contributed by atoms with Crippen LogP contribution in [0.2, 0.25) is 0 Å². The zero-order chi connectivity index (χ0) is 13.9. The van der Waals surface area contributed by atoms with Crippen LogP contribution in [0.15, 0.2) is 0 Å². The molecule has 17 heavy (non-hydrogen) atoms. The molecule has 0 bridgehead atoms. The highest BCUT2D eigenvalue weighted by molar-refractivity contribution is 7.54. The average Bonchev–Trinajstić information content (AvgIpc) is 1.97. The Labute approximate surface area is 107 Å². The van der Waals surface area contributed by atoms with Crippen molar-refractivity contribution in [1.29, 1.82) is 0 Å². The molecular weight excluding hydrogens is 235 g/mol. The fourth-order valence-electron chi connectivity index (χ4n) is 2.79. The van der Waals surface area contributed by atoms with E-state index in [1.165, 1.54) is 0 Å². The van der Waals surface area contributed by atoms with E-state index in [1.807, 2.05) is 13.8 Å². The summed E-state index contributed by atoms with van der Waals surface area (Å²) in [6.07, 6.45) is 0. The summed E-state index contributed by atoms with van der Waals surface area (Å²) in [7, 11) is -3.07. The van der Waals surface area contributed by atoms with E-state index in [1.54, 1.807) is 0 Å². The maximum absolute atomic E-state index is 13.0. The first kappa shape index (κ1) is 17.2. The summed E-state index contributed by atoms with van der Waals surface area (Å²) in [5, 5.41) is 0. The van der Waals surface area contributed by atoms with E-state index in [9.17, 15) is 4.57 Å². The molecule has 0 unspecified atom stereocenters. The van der Waals surface area contributed by atoms with E-state index in [4.69, 9.17) is 9.05 Å². The summed E-state index contributed by atoms with van der Waals surface area (Å²) < 4.78 is 24.0. The summed E-state index contributed by atoms with van der Waals surface area (Å²) in [6.45, 7) is 17.1. The lowest BCUT2D eigenvalue weighted by atomic mass is 9.77. The molecule has 0 radical (unpaired) electrons. The first-order valence-corrected chi connectivity index (χ1v) is 7.99. The highest BCUT2D eigenvalue weighted by atomic mass is 31.2. The molecule has 3 nitrogen and oxygen atoms in total. The van der Waals surface area contributed by atoms with Crippen molar-refractivity contribution in [2.45, 2.75) is 61.0 Å². The molecule has 0 N–H and O–H groups in total. The van der Waals surface area contributed by atoms with Crippen LogP contribution in [0.4, 0.5) is 0 Å². The maximum atomic E-state index is 13.0. The van der Waals surface area contributed by atoms with E-state index in [2.05, 4.69) is 41.5 Å². The molecule has 0 aliphatic carbocycles. The van der Waals surface area contributed by atoms with Crippen molar-refractivity contribution in [3.8, 4) is 0 Å². The predicted molar refractivity (Wildman–Crippen MR) is 73.6 cm³/mol. The van der Waals surface area contributed by atoms with E-state index in [0.29, 0.717) is 13.2 Å². The Morgan fingerprint density at radius 3 is 1.35 bits per heavy atom. The summed E-state index contributed by atoms with van der Waals surface area (Å²) in [4.78, 5) is 0. The van der Waals surface area contributed by atoms with Gasteiger partial charge < -0.3 is 9.05 Å². The molecule has 0 aromatic heterocycles. The van der Waals surface area contributed by atoms with E-state index in [-0.39, 0.29) is 16.5 Å². The van der Waals surface area contributed by atoms with Crippen LogP contribution in [-0.4, -0.2) is 18.9 Å². The Kier molecular flexibility index (Phi) is 5.91. The van der Waals surface area contributed by atoms with Gasteiger partial charge in [0.2, 0.25) is 0 Å². The third-order valence-corrected chi connectivity index (χ3v) is 5.99. The molecule has 0 spiro atoms. The van der Waals surface area contributed by atoms with E-state index >= 15 is 0 Å². The molecule has 104 valence electrons. The second-order valence-corrected chi connectivity index (χ2v) is 8.62. The number of hydrogen-bond acceptors (Lipinski definition) is 3. The summed E-state index contributed by atoms with van der Waals surface area (Å²) >= 11 is 0. The fraction of sp³-hybridized carbons (Fsp3) is 1.00. The molecule has 0 saturated carbocycles. The van der Waals surface area contributed by atoms with Crippen LogP contribution in [0, 0.1) is 10.8 Å². The molecule has 0 aliphatic heterocycles. The van der Waals surface area contributed by atoms with Gasteiger partial charge in [0, 0.05) is 0 Å². The Bertz CT molecular complexity index is 249. The third-order valence-electron chi connectivity index (χ3n) is 2.57. The van der Waals surface area contributed by atoms with Crippen LogP contribution >= 0.6 is 7.60 Å². The average molecular weight is 264 g/mol. The van der Waals surface area contributed by atoms with Gasteiger partial charge in [-0.05, 0) is 24.7 Å². The molecule has 0 aromatic carbocycles. The van der Waals surface area contributed by atoms with Crippen LogP contribution in [0.3, 0.4) is 0 Å². The second kappa shape index (κ2) is 5.86. The first-order valence-electron chi connectivity index (χ1n) is 6.37. The molecule has 0 amide bonds. The predicted octanol–water partition coefficient (Wildman–Crippen LogP) is 4.71. The van der Waals surface area contributed by atoms with Gasteiger partial charge in [0.15, 0.2) is 0 Å². The van der Waals surface area contributed by atoms with Gasteiger partial charge in [-0.2, -0.15) is 0 Å². The molecule has 0 heterocycles. The SMILES string of the molecule is CCOP(=O)(OCC)C(C(C)(C)C)C(C)(C)C. The van der Waals surface area contributed by atoms with Gasteiger partial charge in [-0.25, -0.2) is 0 Å². The van der Waals surface area contributed by atoms with Crippen molar-refractivity contribution >= 4 is 7.60 Å². The van der Waals surface area contributed by atoms with Gasteiger partial charge in [0.05, 0.1) is 18.9 Å². The Balaban J connectivity index is 5.47. The van der Waals surface area contributed by atoms with Gasteiger partial charge in [-0.15, -0.1) is 0 Å². The minimum Gasteiger partial charge on any atom is -0.309 e. The van der Waals surface area contributed by atoms with Crippen molar-refractivity contribution in [3.63, 3.8) is 0 Å². The molecule has 4 heteroatoms. The summed E-state index contributed by atoms with van der Waals surface area (Å²) in [5.41, 5.74) is -0.377. The Morgan fingerprint density at radius 1 is 0.882 bits per heavy atom. The second-order valence-electron chi connectivity index (χ2n) is 6.51. The molecule has 0 saturated heterocycles. The molecule has 0 fully saturated rings. The van der Waals surface area contributed by atoms with Crippen LogP contribution < -0.4 is 0 Å². The van der Waals surface area contributed by atoms with Crippen molar-refractivity contribution in [1.82, 2.24) is 0 Å². The van der Waals surface area contributed by atoms with Crippen molar-refractivity contribution in [3.05, 3.63) is 0 Å². The normalized spacial score (nSPS) is 14.4. The van der Waals surface area contributed by atoms with Crippen molar-refractivity contribution < 1.29 is 13.6 Å². The lowest BCUT2D eigenvalue weighted by Gasteiger charge is -2.43. The van der Waals surface area contributed by atoms with Gasteiger partial charge >= 0.3 is 7.60 Å². The fourth-order valence-corrected chi connectivity index (χ4v) is 5.78. The smallest absolute Gasteiger partial charge is 0.309 e. The van der Waals surface area contributed by atoms with E-state index in [0.717, 1.165) is 0 Å². The lowest BCUT2D eigenvalue weighted by molar-refractivity contribution is 0.151. The monoisotopic (exact) mass is 264 g/mol. The van der Waals surface area contributed by atoms with Gasteiger partial charge in [-0.1, -0.05) is 41.5 Å². The van der Waals surface area contributed by atoms with Crippen LogP contribution in [0.5, 0.6) is 0 Å². The zero-order valence-corrected chi connectivity index (χ0v) is 13.6. The maximum Gasteiger partial charge on any atom is 0.334 e. The quantitative estimate of drug-likeness (QED) is 0.674. The minimum atomic E-state index is -3.07. The van der Waals surface area contributed by atoms with Crippen LogP contribution in [-0.2, 0) is 13.6 Å². The van der Waals surface area contributed by atoms with Crippen LogP contribution in [0.25, 0.3) is 0 Å². The van der Waals surface area contributed by atoms with Gasteiger partial charge in [0.1, 0.15) is 0 Å². The van der Waals surface area contributed by atoms with Crippen molar-refractivity contribution in [2.75, 3.05) is 13.2 Å². The highest BCUT2D eigenvalue weighted by Crippen LogP contribution is 2.63. The standard InChI is InChI=1S/C13H29O3P/c1-9-15-17(14,16-10-2)11(12(3,4)5)13(6,7)8/h11H,9-10H2,1-8H3. The Hall–Kier alpha value is 0.150. The zero-order valence-electron chi connectivity index (χ0n) is 12.7. The minimum absolute atomic E-state index is 0.123. The first-order chi connectivity index (χ1) is 7.49. The van der Waals surface area contributed by atoms with E-state index < -0.39 is 7.60 Å². The summed E-state index contributed by atoms with van der Waals surface area (Å²) in [5.74, 6) is 0. The third kappa shape index (κ3) is 4.73. The molecular formula is C13H29O3P. The molecule has 0 aliphatic rings. The molecule has 0 rings (SSSR count). The lowest BCUT2D eigenvalue weighted by Crippen LogP contribution is -2.39. The van der Waals surface area contributed by atoms with Gasteiger partial charge in [0.25, 0.3) is 0 Å². The Morgan fingerprint density at radius 2 is 1.18 bits per heavy atom.